The minimum Gasteiger partial charge on any atom is -0.481 e. The van der Waals surface area contributed by atoms with Gasteiger partial charge in [0.25, 0.3) is 0 Å². The Hall–Kier alpha value is -2.02. The summed E-state index contributed by atoms with van der Waals surface area (Å²) in [5.41, 5.74) is 0.668. The van der Waals surface area contributed by atoms with E-state index in [-0.39, 0.29) is 53.7 Å². The number of aliphatic hydroxyl groups excluding tert-OH is 1. The van der Waals surface area contributed by atoms with Gasteiger partial charge in [0.2, 0.25) is 0 Å². The zero-order chi connectivity index (χ0) is 23.3. The normalized spacial score (nSPS) is 40.5. The Morgan fingerprint density at radius 1 is 1.16 bits per heavy atom. The first-order valence-electron chi connectivity index (χ1n) is 11.9. The van der Waals surface area contributed by atoms with Gasteiger partial charge in [-0.2, -0.15) is 0 Å². The highest BCUT2D eigenvalue weighted by atomic mass is 16.5. The number of allylic oxidation sites excluding steroid dienone is 1. The fraction of sp³-hybridized carbons (Fsp3) is 0.760. The number of aliphatic carboxylic acids is 1. The third kappa shape index (κ3) is 3.82. The van der Waals surface area contributed by atoms with Gasteiger partial charge in [-0.3, -0.25) is 19.2 Å². The molecule has 0 saturated heterocycles. The maximum Gasteiger partial charge on any atom is 0.313 e. The standard InChI is InChI=1S/C25H34O7/c1-24-9-7-15(26)11-14(24)3-4-16-17-5-6-18(25(17,2)13-20(28)23(16)24)19(27)12-22(31)32-10-8-21(29)30/h11,16-18,20,23,28H,3-10,12-13H2,1-2H3,(H,29,30)/t16-,17-,18+,20+,23+,24+,25-/m1/s1. The van der Waals surface area contributed by atoms with E-state index in [1.165, 1.54) is 5.57 Å². The highest BCUT2D eigenvalue weighted by Crippen LogP contribution is 2.66. The van der Waals surface area contributed by atoms with Gasteiger partial charge in [-0.25, -0.2) is 0 Å². The Labute approximate surface area is 188 Å². The van der Waals surface area contributed by atoms with Gasteiger partial charge in [0, 0.05) is 12.3 Å². The van der Waals surface area contributed by atoms with E-state index in [0.29, 0.717) is 31.1 Å². The number of ether oxygens (including phenoxy) is 1. The van der Waals surface area contributed by atoms with Gasteiger partial charge < -0.3 is 14.9 Å². The van der Waals surface area contributed by atoms with Crippen molar-refractivity contribution in [2.24, 2.45) is 34.5 Å². The number of hydrogen-bond acceptors (Lipinski definition) is 6. The van der Waals surface area contributed by atoms with Crippen LogP contribution in [0.1, 0.15) is 71.6 Å². The van der Waals surface area contributed by atoms with Crippen LogP contribution in [0.3, 0.4) is 0 Å². The maximum atomic E-state index is 13.1. The molecule has 2 N–H and O–H groups in total. The first-order chi connectivity index (χ1) is 15.1. The summed E-state index contributed by atoms with van der Waals surface area (Å²) in [4.78, 5) is 47.7. The second-order valence-corrected chi connectivity index (χ2v) is 10.8. The van der Waals surface area contributed by atoms with Gasteiger partial charge in [0.05, 0.1) is 12.5 Å². The quantitative estimate of drug-likeness (QED) is 0.475. The number of carbonyl (C=O) groups excluding carboxylic acids is 3. The molecule has 7 atom stereocenters. The summed E-state index contributed by atoms with van der Waals surface area (Å²) in [6, 6.07) is 0. The smallest absolute Gasteiger partial charge is 0.313 e. The summed E-state index contributed by atoms with van der Waals surface area (Å²) >= 11 is 0. The van der Waals surface area contributed by atoms with Crippen LogP contribution < -0.4 is 0 Å². The largest absolute Gasteiger partial charge is 0.481 e. The van der Waals surface area contributed by atoms with E-state index in [2.05, 4.69) is 13.8 Å². The predicted molar refractivity (Wildman–Crippen MR) is 114 cm³/mol. The molecule has 0 bridgehead atoms. The molecule has 0 radical (unpaired) electrons. The predicted octanol–water partition coefficient (Wildman–Crippen LogP) is 3.08. The molecule has 0 spiro atoms. The number of esters is 1. The van der Waals surface area contributed by atoms with E-state index in [1.54, 1.807) is 0 Å². The molecule has 0 heterocycles. The Balaban J connectivity index is 1.49. The van der Waals surface area contributed by atoms with Crippen molar-refractivity contribution in [1.82, 2.24) is 0 Å². The minimum absolute atomic E-state index is 0.100. The fourth-order valence-electron chi connectivity index (χ4n) is 7.78. The van der Waals surface area contributed by atoms with Crippen molar-refractivity contribution in [2.45, 2.75) is 77.7 Å². The molecule has 0 aromatic rings. The monoisotopic (exact) mass is 446 g/mol. The van der Waals surface area contributed by atoms with Crippen LogP contribution in [0.5, 0.6) is 0 Å². The first-order valence-corrected chi connectivity index (χ1v) is 11.9. The van der Waals surface area contributed by atoms with Gasteiger partial charge in [0.1, 0.15) is 18.8 Å². The molecular weight excluding hydrogens is 412 g/mol. The third-order valence-corrected chi connectivity index (χ3v) is 9.18. The van der Waals surface area contributed by atoms with E-state index in [4.69, 9.17) is 9.84 Å². The van der Waals surface area contributed by atoms with E-state index in [0.717, 1.165) is 25.7 Å². The third-order valence-electron chi connectivity index (χ3n) is 9.18. The average Bonchev–Trinajstić information content (AvgIpc) is 3.04. The first kappa shape index (κ1) is 23.1. The van der Waals surface area contributed by atoms with E-state index in [1.807, 2.05) is 6.08 Å². The number of fused-ring (bicyclic) bond motifs is 5. The number of Topliss-reactive ketones (excluding diaryl/α,β-unsaturated/α-hetero) is 1. The molecule has 4 rings (SSSR count). The summed E-state index contributed by atoms with van der Waals surface area (Å²) in [5, 5.41) is 20.0. The SMILES string of the molecule is C[C@@]12C[C@H](O)[C@@H]3[C@H](CCC4=CC(=O)CC[C@@]43C)[C@H]1CC[C@H]2C(=O)CC(=O)OCCC(=O)O. The molecule has 0 amide bonds. The number of carboxylic acids is 1. The molecule has 7 heteroatoms. The van der Waals surface area contributed by atoms with Crippen LogP contribution in [-0.2, 0) is 23.9 Å². The second kappa shape index (κ2) is 8.40. The van der Waals surface area contributed by atoms with Gasteiger partial charge in [-0.05, 0) is 73.2 Å². The summed E-state index contributed by atoms with van der Waals surface area (Å²) in [6.45, 7) is 4.07. The van der Waals surface area contributed by atoms with Gasteiger partial charge in [-0.15, -0.1) is 0 Å². The van der Waals surface area contributed by atoms with Crippen molar-refractivity contribution >= 4 is 23.5 Å². The maximum absolute atomic E-state index is 13.1. The van der Waals surface area contributed by atoms with Crippen LogP contribution in [0.15, 0.2) is 11.6 Å². The van der Waals surface area contributed by atoms with Crippen LogP contribution in [0.4, 0.5) is 0 Å². The van der Waals surface area contributed by atoms with Crippen molar-refractivity contribution in [1.29, 1.82) is 0 Å². The lowest BCUT2D eigenvalue weighted by molar-refractivity contribution is -0.152. The molecule has 4 aliphatic carbocycles. The summed E-state index contributed by atoms with van der Waals surface area (Å²) < 4.78 is 4.92. The summed E-state index contributed by atoms with van der Waals surface area (Å²) in [6.07, 6.45) is 5.90. The molecule has 7 nitrogen and oxygen atoms in total. The Bertz CT molecular complexity index is 860. The van der Waals surface area contributed by atoms with Crippen LogP contribution in [-0.4, -0.2) is 46.4 Å². The molecule has 0 aromatic carbocycles. The highest BCUT2D eigenvalue weighted by Gasteiger charge is 2.62. The van der Waals surface area contributed by atoms with Crippen LogP contribution >= 0.6 is 0 Å². The molecule has 32 heavy (non-hydrogen) atoms. The Morgan fingerprint density at radius 2 is 1.91 bits per heavy atom. The lowest BCUT2D eigenvalue weighted by Crippen LogP contribution is -2.57. The second-order valence-electron chi connectivity index (χ2n) is 10.8. The number of carboxylic acid groups (broad SMARTS) is 1. The molecule has 0 unspecified atom stereocenters. The number of carbonyl (C=O) groups is 4. The molecule has 0 aliphatic heterocycles. The van der Waals surface area contributed by atoms with Crippen molar-refractivity contribution in [3.63, 3.8) is 0 Å². The summed E-state index contributed by atoms with van der Waals surface area (Å²) in [7, 11) is 0. The van der Waals surface area contributed by atoms with Crippen molar-refractivity contribution in [2.75, 3.05) is 6.61 Å². The fourth-order valence-corrected chi connectivity index (χ4v) is 7.78. The molecule has 3 fully saturated rings. The highest BCUT2D eigenvalue weighted by molar-refractivity contribution is 5.97. The number of rotatable bonds is 6. The van der Waals surface area contributed by atoms with Crippen LogP contribution in [0.25, 0.3) is 0 Å². The molecular formula is C25H34O7. The van der Waals surface area contributed by atoms with Crippen molar-refractivity contribution in [3.05, 3.63) is 11.6 Å². The van der Waals surface area contributed by atoms with Crippen LogP contribution in [0, 0.1) is 34.5 Å². The number of aliphatic hydroxyl groups is 1. The van der Waals surface area contributed by atoms with Gasteiger partial charge >= 0.3 is 11.9 Å². The van der Waals surface area contributed by atoms with Crippen molar-refractivity contribution < 1.29 is 34.1 Å². The molecule has 176 valence electrons. The Kier molecular flexibility index (Phi) is 6.07. The van der Waals surface area contributed by atoms with Gasteiger partial charge in [-0.1, -0.05) is 19.4 Å². The summed E-state index contributed by atoms with van der Waals surface area (Å²) in [5.74, 6) is -1.29. The lowest BCUT2D eigenvalue weighted by atomic mass is 9.46. The van der Waals surface area contributed by atoms with E-state index in [9.17, 15) is 24.3 Å². The van der Waals surface area contributed by atoms with Gasteiger partial charge in [0.15, 0.2) is 5.78 Å². The zero-order valence-corrected chi connectivity index (χ0v) is 19.0. The van der Waals surface area contributed by atoms with Crippen LogP contribution in [0.2, 0.25) is 0 Å². The van der Waals surface area contributed by atoms with E-state index < -0.39 is 18.0 Å². The van der Waals surface area contributed by atoms with Crippen molar-refractivity contribution in [3.8, 4) is 0 Å². The Morgan fingerprint density at radius 3 is 2.62 bits per heavy atom. The molecule has 3 saturated carbocycles. The lowest BCUT2D eigenvalue weighted by Gasteiger charge is -2.59. The minimum atomic E-state index is -1.05. The zero-order valence-electron chi connectivity index (χ0n) is 19.0. The average molecular weight is 447 g/mol. The number of hydrogen-bond donors (Lipinski definition) is 2. The number of ketones is 2. The molecule has 0 aromatic heterocycles. The van der Waals surface area contributed by atoms with E-state index >= 15 is 0 Å². The molecule has 4 aliphatic rings. The topological polar surface area (TPSA) is 118 Å².